The zero-order valence-electron chi connectivity index (χ0n) is 12.3. The second-order valence-corrected chi connectivity index (χ2v) is 5.71. The van der Waals surface area contributed by atoms with Crippen LogP contribution in [0, 0.1) is 0 Å². The van der Waals surface area contributed by atoms with Crippen molar-refractivity contribution in [2.24, 2.45) is 0 Å². The number of ether oxygens (including phenoxy) is 1. The Balaban J connectivity index is 1.65. The van der Waals surface area contributed by atoms with Gasteiger partial charge in [-0.1, -0.05) is 12.1 Å². The van der Waals surface area contributed by atoms with E-state index in [0.29, 0.717) is 6.10 Å². The lowest BCUT2D eigenvalue weighted by molar-refractivity contribution is 0.101. The Hall–Kier alpha value is -1.32. The van der Waals surface area contributed by atoms with E-state index in [1.807, 2.05) is 7.05 Å². The first kappa shape index (κ1) is 13.7. The minimum Gasteiger partial charge on any atom is -0.378 e. The zero-order chi connectivity index (χ0) is 13.8. The van der Waals surface area contributed by atoms with E-state index in [0.717, 1.165) is 19.7 Å². The van der Waals surface area contributed by atoms with Crippen molar-refractivity contribution in [3.8, 4) is 0 Å². The minimum atomic E-state index is 0.511. The lowest BCUT2D eigenvalue weighted by atomic mass is 10.1. The molecule has 0 spiro atoms. The fraction of sp³-hybridized carbons (Fsp3) is 0.529. The predicted molar refractivity (Wildman–Crippen MR) is 82.9 cm³/mol. The number of rotatable bonds is 6. The summed E-state index contributed by atoms with van der Waals surface area (Å²) < 4.78 is 8.07. The van der Waals surface area contributed by atoms with Gasteiger partial charge in [-0.2, -0.15) is 0 Å². The van der Waals surface area contributed by atoms with Gasteiger partial charge >= 0.3 is 0 Å². The van der Waals surface area contributed by atoms with Gasteiger partial charge in [-0.05, 0) is 55.8 Å². The van der Waals surface area contributed by atoms with Crippen molar-refractivity contribution >= 4 is 10.9 Å². The molecule has 0 bridgehead atoms. The van der Waals surface area contributed by atoms with Gasteiger partial charge in [-0.3, -0.25) is 0 Å². The summed E-state index contributed by atoms with van der Waals surface area (Å²) in [6, 6.07) is 8.94. The SMILES string of the molecule is CNCc1ccc2ccn(CCCC3CCCO3)c2c1. The van der Waals surface area contributed by atoms with Crippen LogP contribution in [0.25, 0.3) is 10.9 Å². The second-order valence-electron chi connectivity index (χ2n) is 5.71. The van der Waals surface area contributed by atoms with Crippen molar-refractivity contribution in [3.63, 3.8) is 0 Å². The van der Waals surface area contributed by atoms with E-state index in [-0.39, 0.29) is 0 Å². The van der Waals surface area contributed by atoms with Gasteiger partial charge in [0.05, 0.1) is 6.10 Å². The van der Waals surface area contributed by atoms with Crippen LogP contribution in [0.1, 0.15) is 31.2 Å². The molecular weight excluding hydrogens is 248 g/mol. The molecule has 0 aliphatic carbocycles. The smallest absolute Gasteiger partial charge is 0.0576 e. The normalized spacial score (nSPS) is 18.9. The summed E-state index contributed by atoms with van der Waals surface area (Å²) in [6.45, 7) is 2.98. The molecule has 1 saturated heterocycles. The first-order chi connectivity index (χ1) is 9.86. The lowest BCUT2D eigenvalue weighted by Gasteiger charge is -2.10. The van der Waals surface area contributed by atoms with E-state index in [2.05, 4.69) is 40.3 Å². The van der Waals surface area contributed by atoms with Crippen LogP contribution in [0.2, 0.25) is 0 Å². The first-order valence-electron chi connectivity index (χ1n) is 7.71. The predicted octanol–water partition coefficient (Wildman–Crippen LogP) is 3.32. The molecule has 20 heavy (non-hydrogen) atoms. The van der Waals surface area contributed by atoms with Gasteiger partial charge < -0.3 is 14.6 Å². The molecule has 1 aliphatic rings. The van der Waals surface area contributed by atoms with Crippen LogP contribution in [-0.2, 0) is 17.8 Å². The summed E-state index contributed by atoms with van der Waals surface area (Å²) in [5.74, 6) is 0. The Morgan fingerprint density at radius 1 is 1.35 bits per heavy atom. The van der Waals surface area contributed by atoms with Gasteiger partial charge in [-0.15, -0.1) is 0 Å². The molecule has 1 unspecified atom stereocenters. The van der Waals surface area contributed by atoms with Crippen LogP contribution in [-0.4, -0.2) is 24.3 Å². The Bertz CT molecular complexity index is 555. The largest absolute Gasteiger partial charge is 0.378 e. The van der Waals surface area contributed by atoms with E-state index in [1.165, 1.54) is 42.1 Å². The number of nitrogens with zero attached hydrogens (tertiary/aromatic N) is 1. The van der Waals surface area contributed by atoms with Crippen molar-refractivity contribution in [1.29, 1.82) is 0 Å². The molecule has 0 saturated carbocycles. The average molecular weight is 272 g/mol. The molecule has 3 rings (SSSR count). The summed E-state index contributed by atoms with van der Waals surface area (Å²) in [5.41, 5.74) is 2.70. The Morgan fingerprint density at radius 3 is 3.10 bits per heavy atom. The summed E-state index contributed by atoms with van der Waals surface area (Å²) >= 11 is 0. The van der Waals surface area contributed by atoms with E-state index < -0.39 is 0 Å². The maximum atomic E-state index is 5.69. The molecule has 1 N–H and O–H groups in total. The number of fused-ring (bicyclic) bond motifs is 1. The van der Waals surface area contributed by atoms with Crippen LogP contribution < -0.4 is 5.32 Å². The third-order valence-corrected chi connectivity index (χ3v) is 4.17. The van der Waals surface area contributed by atoms with Crippen molar-refractivity contribution in [2.75, 3.05) is 13.7 Å². The van der Waals surface area contributed by atoms with Gasteiger partial charge in [-0.25, -0.2) is 0 Å². The van der Waals surface area contributed by atoms with Gasteiger partial charge in [0, 0.05) is 31.4 Å². The highest BCUT2D eigenvalue weighted by Crippen LogP contribution is 2.20. The van der Waals surface area contributed by atoms with Crippen LogP contribution in [0.5, 0.6) is 0 Å². The van der Waals surface area contributed by atoms with Crippen LogP contribution in [0.3, 0.4) is 0 Å². The second kappa shape index (κ2) is 6.42. The molecule has 1 fully saturated rings. The molecule has 1 aromatic heterocycles. The van der Waals surface area contributed by atoms with Crippen LogP contribution >= 0.6 is 0 Å². The number of hydrogen-bond donors (Lipinski definition) is 1. The van der Waals surface area contributed by atoms with E-state index >= 15 is 0 Å². The Labute approximate surface area is 120 Å². The monoisotopic (exact) mass is 272 g/mol. The number of aromatic nitrogens is 1. The van der Waals surface area contributed by atoms with Crippen molar-refractivity contribution in [2.45, 2.75) is 44.9 Å². The topological polar surface area (TPSA) is 26.2 Å². The van der Waals surface area contributed by atoms with E-state index in [9.17, 15) is 0 Å². The summed E-state index contributed by atoms with van der Waals surface area (Å²) in [5, 5.41) is 4.55. The molecule has 0 radical (unpaired) electrons. The maximum Gasteiger partial charge on any atom is 0.0576 e. The maximum absolute atomic E-state index is 5.69. The standard InChI is InChI=1S/C17H24N2O/c1-18-13-14-6-7-15-8-10-19(17(15)12-14)9-2-4-16-5-3-11-20-16/h6-8,10,12,16,18H,2-5,9,11,13H2,1H3. The van der Waals surface area contributed by atoms with Gasteiger partial charge in [0.15, 0.2) is 0 Å². The number of aryl methyl sites for hydroxylation is 1. The highest BCUT2D eigenvalue weighted by molar-refractivity contribution is 5.80. The third-order valence-electron chi connectivity index (χ3n) is 4.17. The summed E-state index contributed by atoms with van der Waals surface area (Å²) in [4.78, 5) is 0. The van der Waals surface area contributed by atoms with Gasteiger partial charge in [0.1, 0.15) is 0 Å². The fourth-order valence-corrected chi connectivity index (χ4v) is 3.10. The molecular formula is C17H24N2O. The number of hydrogen-bond acceptors (Lipinski definition) is 2. The minimum absolute atomic E-state index is 0.511. The number of nitrogens with one attached hydrogen (secondary N) is 1. The first-order valence-corrected chi connectivity index (χ1v) is 7.71. The molecule has 108 valence electrons. The highest BCUT2D eigenvalue weighted by atomic mass is 16.5. The lowest BCUT2D eigenvalue weighted by Crippen LogP contribution is -2.07. The van der Waals surface area contributed by atoms with E-state index in [4.69, 9.17) is 4.74 Å². The van der Waals surface area contributed by atoms with Gasteiger partial charge in [0.2, 0.25) is 0 Å². The van der Waals surface area contributed by atoms with Crippen LogP contribution in [0.4, 0.5) is 0 Å². The number of benzene rings is 1. The molecule has 2 aromatic rings. The quantitative estimate of drug-likeness (QED) is 0.873. The molecule has 1 atom stereocenters. The highest BCUT2D eigenvalue weighted by Gasteiger charge is 2.14. The summed E-state index contributed by atoms with van der Waals surface area (Å²) in [6.07, 6.45) is 7.60. The molecule has 3 heteroatoms. The Kier molecular flexibility index (Phi) is 4.38. The van der Waals surface area contributed by atoms with Crippen LogP contribution in [0.15, 0.2) is 30.5 Å². The summed E-state index contributed by atoms with van der Waals surface area (Å²) in [7, 11) is 1.99. The Morgan fingerprint density at radius 2 is 2.30 bits per heavy atom. The van der Waals surface area contributed by atoms with Crippen molar-refractivity contribution in [3.05, 3.63) is 36.0 Å². The van der Waals surface area contributed by atoms with Gasteiger partial charge in [0.25, 0.3) is 0 Å². The molecule has 1 aliphatic heterocycles. The third kappa shape index (κ3) is 3.05. The van der Waals surface area contributed by atoms with Crippen molar-refractivity contribution < 1.29 is 4.74 Å². The van der Waals surface area contributed by atoms with Crippen molar-refractivity contribution in [1.82, 2.24) is 9.88 Å². The molecule has 2 heterocycles. The fourth-order valence-electron chi connectivity index (χ4n) is 3.10. The zero-order valence-corrected chi connectivity index (χ0v) is 12.3. The molecule has 3 nitrogen and oxygen atoms in total. The molecule has 1 aromatic carbocycles. The molecule has 0 amide bonds. The average Bonchev–Trinajstić information content (AvgIpc) is 3.09. The van der Waals surface area contributed by atoms with E-state index in [1.54, 1.807) is 0 Å².